The molecule has 0 aromatic carbocycles. The van der Waals surface area contributed by atoms with Gasteiger partial charge in [-0.15, -0.1) is 0 Å². The Morgan fingerprint density at radius 2 is 0.494 bits per heavy atom. The van der Waals surface area contributed by atoms with Gasteiger partial charge in [-0.25, -0.2) is 0 Å². The second kappa shape index (κ2) is 66.6. The average molecular weight is 1100 g/mol. The van der Waals surface area contributed by atoms with Crippen LogP contribution in [0.4, 0.5) is 0 Å². The normalized spacial score (nSPS) is 12.8. The summed E-state index contributed by atoms with van der Waals surface area (Å²) in [6.07, 6.45) is 90.9. The lowest BCUT2D eigenvalue weighted by Crippen LogP contribution is -2.30. The molecule has 0 bridgehead atoms. The summed E-state index contributed by atoms with van der Waals surface area (Å²) in [7, 11) is 0. The molecule has 0 heterocycles. The first-order valence-electron chi connectivity index (χ1n) is 33.4. The second-order valence-corrected chi connectivity index (χ2v) is 22.0. The monoisotopic (exact) mass is 1100 g/mol. The molecule has 0 aliphatic rings. The maximum absolute atomic E-state index is 12.9. The third-order valence-electron chi connectivity index (χ3n) is 14.2. The van der Waals surface area contributed by atoms with Crippen molar-refractivity contribution in [1.29, 1.82) is 0 Å². The summed E-state index contributed by atoms with van der Waals surface area (Å²) in [5, 5.41) is 0. The molecule has 0 N–H and O–H groups in total. The van der Waals surface area contributed by atoms with Crippen LogP contribution >= 0.6 is 0 Å². The molecule has 1 atom stereocenters. The molecule has 0 spiro atoms. The number of ether oxygens (including phenoxy) is 3. The van der Waals surface area contributed by atoms with Crippen LogP contribution in [0.25, 0.3) is 0 Å². The van der Waals surface area contributed by atoms with Crippen LogP contribution in [0.5, 0.6) is 0 Å². The number of allylic oxidation sites excluding steroid dienone is 18. The van der Waals surface area contributed by atoms with Gasteiger partial charge >= 0.3 is 17.9 Å². The first-order chi connectivity index (χ1) is 39.0. The number of hydrogen-bond acceptors (Lipinski definition) is 6. The number of carbonyl (C=O) groups excluding carboxylic acids is 3. The Hall–Kier alpha value is -3.93. The fourth-order valence-corrected chi connectivity index (χ4v) is 9.24. The molecule has 0 radical (unpaired) electrons. The zero-order valence-corrected chi connectivity index (χ0v) is 51.9. The average Bonchev–Trinajstić information content (AvgIpc) is 3.45. The van der Waals surface area contributed by atoms with E-state index in [0.29, 0.717) is 19.3 Å². The molecule has 0 aliphatic heterocycles. The number of unbranched alkanes of at least 4 members (excludes halogenated alkanes) is 31. The largest absolute Gasteiger partial charge is 0.462 e. The van der Waals surface area contributed by atoms with Crippen molar-refractivity contribution in [2.45, 2.75) is 322 Å². The van der Waals surface area contributed by atoms with Crippen LogP contribution < -0.4 is 0 Å². The molecule has 0 fully saturated rings. The zero-order chi connectivity index (χ0) is 57.1. The lowest BCUT2D eigenvalue weighted by atomic mass is 10.0. The van der Waals surface area contributed by atoms with E-state index in [2.05, 4.69) is 130 Å². The quantitative estimate of drug-likeness (QED) is 0.0261. The summed E-state index contributed by atoms with van der Waals surface area (Å²) in [4.78, 5) is 38.4. The lowest BCUT2D eigenvalue weighted by Gasteiger charge is -2.18. The predicted octanol–water partition coefficient (Wildman–Crippen LogP) is 23.0. The van der Waals surface area contributed by atoms with Gasteiger partial charge in [0, 0.05) is 19.3 Å². The highest BCUT2D eigenvalue weighted by Gasteiger charge is 2.19. The van der Waals surface area contributed by atoms with Gasteiger partial charge in [0.2, 0.25) is 0 Å². The van der Waals surface area contributed by atoms with Gasteiger partial charge in [0.15, 0.2) is 6.10 Å². The summed E-state index contributed by atoms with van der Waals surface area (Å²) in [6.45, 7) is 6.49. The highest BCUT2D eigenvalue weighted by atomic mass is 16.6. The highest BCUT2D eigenvalue weighted by Crippen LogP contribution is 2.16. The van der Waals surface area contributed by atoms with Gasteiger partial charge in [0.1, 0.15) is 13.2 Å². The zero-order valence-electron chi connectivity index (χ0n) is 51.9. The van der Waals surface area contributed by atoms with Crippen LogP contribution in [-0.2, 0) is 28.6 Å². The Labute approximate surface area is 489 Å². The molecule has 0 aliphatic carbocycles. The maximum Gasteiger partial charge on any atom is 0.306 e. The van der Waals surface area contributed by atoms with Gasteiger partial charge in [-0.3, -0.25) is 14.4 Å². The molecule has 452 valence electrons. The fraction of sp³-hybridized carbons (Fsp3) is 0.712. The summed E-state index contributed by atoms with van der Waals surface area (Å²) >= 11 is 0. The smallest absolute Gasteiger partial charge is 0.306 e. The van der Waals surface area contributed by atoms with Crippen molar-refractivity contribution < 1.29 is 28.6 Å². The van der Waals surface area contributed by atoms with Crippen molar-refractivity contribution in [2.75, 3.05) is 13.2 Å². The Balaban J connectivity index is 4.42. The van der Waals surface area contributed by atoms with Gasteiger partial charge in [0.05, 0.1) is 0 Å². The minimum Gasteiger partial charge on any atom is -0.462 e. The summed E-state index contributed by atoms with van der Waals surface area (Å²) in [5.41, 5.74) is 0. The fourth-order valence-electron chi connectivity index (χ4n) is 9.24. The van der Waals surface area contributed by atoms with E-state index in [0.717, 1.165) is 135 Å². The Morgan fingerprint density at radius 3 is 0.810 bits per heavy atom. The van der Waals surface area contributed by atoms with Crippen LogP contribution in [0.3, 0.4) is 0 Å². The molecule has 6 heteroatoms. The molecule has 0 amide bonds. The van der Waals surface area contributed by atoms with Crippen molar-refractivity contribution in [1.82, 2.24) is 0 Å². The van der Waals surface area contributed by atoms with E-state index in [1.165, 1.54) is 141 Å². The van der Waals surface area contributed by atoms with E-state index in [-0.39, 0.29) is 31.1 Å². The molecular weight excluding hydrogens is 973 g/mol. The van der Waals surface area contributed by atoms with E-state index >= 15 is 0 Å². The molecular formula is C73H124O6. The van der Waals surface area contributed by atoms with E-state index in [1.807, 2.05) is 0 Å². The molecule has 79 heavy (non-hydrogen) atoms. The Bertz CT molecular complexity index is 1590. The van der Waals surface area contributed by atoms with Crippen LogP contribution in [0.1, 0.15) is 316 Å². The van der Waals surface area contributed by atoms with Crippen molar-refractivity contribution in [3.05, 3.63) is 109 Å². The van der Waals surface area contributed by atoms with Crippen molar-refractivity contribution in [3.63, 3.8) is 0 Å². The molecule has 1 unspecified atom stereocenters. The van der Waals surface area contributed by atoms with E-state index in [4.69, 9.17) is 14.2 Å². The molecule has 0 saturated heterocycles. The number of carbonyl (C=O) groups is 3. The predicted molar refractivity (Wildman–Crippen MR) is 343 cm³/mol. The molecule has 0 saturated carbocycles. The van der Waals surface area contributed by atoms with Gasteiger partial charge < -0.3 is 14.2 Å². The number of esters is 3. The highest BCUT2D eigenvalue weighted by molar-refractivity contribution is 5.71. The van der Waals surface area contributed by atoms with Gasteiger partial charge in [-0.05, 0) is 128 Å². The third-order valence-corrected chi connectivity index (χ3v) is 14.2. The van der Waals surface area contributed by atoms with Gasteiger partial charge in [-0.1, -0.05) is 278 Å². The molecule has 6 nitrogen and oxygen atoms in total. The van der Waals surface area contributed by atoms with Crippen molar-refractivity contribution >= 4 is 17.9 Å². The van der Waals surface area contributed by atoms with E-state index < -0.39 is 6.10 Å². The van der Waals surface area contributed by atoms with Crippen LogP contribution in [0.2, 0.25) is 0 Å². The first kappa shape index (κ1) is 75.1. The Kier molecular flexibility index (Phi) is 63.3. The molecule has 0 aromatic rings. The lowest BCUT2D eigenvalue weighted by molar-refractivity contribution is -0.167. The minimum atomic E-state index is -0.799. The minimum absolute atomic E-state index is 0.0941. The maximum atomic E-state index is 12.9. The van der Waals surface area contributed by atoms with Gasteiger partial charge in [0.25, 0.3) is 0 Å². The summed E-state index contributed by atoms with van der Waals surface area (Å²) < 4.78 is 16.9. The Morgan fingerprint density at radius 1 is 0.266 bits per heavy atom. The van der Waals surface area contributed by atoms with E-state index in [9.17, 15) is 14.4 Å². The second-order valence-electron chi connectivity index (χ2n) is 22.0. The van der Waals surface area contributed by atoms with Gasteiger partial charge in [-0.2, -0.15) is 0 Å². The van der Waals surface area contributed by atoms with Crippen molar-refractivity contribution in [3.8, 4) is 0 Å². The van der Waals surface area contributed by atoms with Crippen LogP contribution in [0.15, 0.2) is 109 Å². The number of rotatable bonds is 60. The number of hydrogen-bond donors (Lipinski definition) is 0. The summed E-state index contributed by atoms with van der Waals surface area (Å²) in [6, 6.07) is 0. The topological polar surface area (TPSA) is 78.9 Å². The first-order valence-corrected chi connectivity index (χ1v) is 33.4. The standard InChI is InChI=1S/C73H124O6/c1-4-7-10-13-16-19-22-25-28-30-32-34-36-38-40-42-45-48-51-54-57-60-63-66-72(75)78-69-70(68-77-71(74)65-62-59-56-53-50-47-44-27-24-21-18-15-12-9-6-3)79-73(76)67-64-61-58-55-52-49-46-43-41-39-37-35-33-31-29-26-23-20-17-14-11-8-5-2/h7,10,16,18-19,21,25,27-28,31-34,38,40,44-45,48,70H,4-6,8-9,11-15,17,20,22-24,26,29-30,35-37,39,41-43,46-47,49-69H2,1-3H3/b10-7-,19-16-,21-18-,28-25-,33-31-,34-32-,40-38-,44-27-,48-45-. The SMILES string of the molecule is CC/C=C\C/C=C\C/C=C\C/C=C\C/C=C\C/C=C\CCCCCCC(=O)OCC(COC(=O)CCCCCCC/C=C\C/C=C\CCCCC)OC(=O)CCCCCCCCCCCCC/C=C\CCCCCCCCCC. The summed E-state index contributed by atoms with van der Waals surface area (Å²) in [5.74, 6) is -0.923. The van der Waals surface area contributed by atoms with E-state index in [1.54, 1.807) is 0 Å². The van der Waals surface area contributed by atoms with Crippen LogP contribution in [-0.4, -0.2) is 37.2 Å². The van der Waals surface area contributed by atoms with Crippen molar-refractivity contribution in [2.24, 2.45) is 0 Å². The molecule has 0 rings (SSSR count). The third kappa shape index (κ3) is 64.8. The van der Waals surface area contributed by atoms with Crippen LogP contribution in [0, 0.1) is 0 Å². The molecule has 0 aromatic heterocycles.